The number of halogens is 2. The molecular weight excluding hydrogens is 358 g/mol. The number of H-pyrrole nitrogens is 1. The van der Waals surface area contributed by atoms with Crippen molar-refractivity contribution in [3.8, 4) is 5.75 Å². The molecule has 4 nitrogen and oxygen atoms in total. The summed E-state index contributed by atoms with van der Waals surface area (Å²) in [4.78, 5) is 15.9. The molecule has 1 aromatic heterocycles. The number of nitrogens with one attached hydrogen (secondary N) is 2. The normalized spacial score (nSPS) is 12.1. The lowest BCUT2D eigenvalue weighted by atomic mass is 10.2. The Kier molecular flexibility index (Phi) is 5.78. The molecule has 1 amide bonds. The molecule has 0 spiro atoms. The molecule has 1 heterocycles. The van der Waals surface area contributed by atoms with Crippen molar-refractivity contribution in [2.75, 3.05) is 12.3 Å². The van der Waals surface area contributed by atoms with Gasteiger partial charge in [-0.25, -0.2) is 8.78 Å². The molecule has 26 heavy (non-hydrogen) atoms. The predicted octanol–water partition coefficient (Wildman–Crippen LogP) is 4.12. The minimum atomic E-state index is -0.698. The highest BCUT2D eigenvalue weighted by Crippen LogP contribution is 2.29. The summed E-state index contributed by atoms with van der Waals surface area (Å²) in [5, 5.41) is 3.34. The van der Waals surface area contributed by atoms with E-state index >= 15 is 0 Å². The molecule has 0 aliphatic heterocycles. The lowest BCUT2D eigenvalue weighted by Gasteiger charge is -2.14. The number of ether oxygens (including phenoxy) is 1. The van der Waals surface area contributed by atoms with Gasteiger partial charge in [-0.15, -0.1) is 11.8 Å². The van der Waals surface area contributed by atoms with E-state index in [0.29, 0.717) is 23.4 Å². The summed E-state index contributed by atoms with van der Waals surface area (Å²) < 4.78 is 32.2. The zero-order chi connectivity index (χ0) is 18.5. The van der Waals surface area contributed by atoms with Gasteiger partial charge in [-0.3, -0.25) is 4.79 Å². The van der Waals surface area contributed by atoms with Gasteiger partial charge in [0.2, 0.25) is 0 Å². The van der Waals surface area contributed by atoms with Crippen LogP contribution < -0.4 is 10.1 Å². The third kappa shape index (κ3) is 4.35. The van der Waals surface area contributed by atoms with Crippen molar-refractivity contribution >= 4 is 28.6 Å². The van der Waals surface area contributed by atoms with E-state index in [1.807, 2.05) is 6.07 Å². The van der Waals surface area contributed by atoms with Crippen LogP contribution in [-0.2, 0) is 4.79 Å². The van der Waals surface area contributed by atoms with Gasteiger partial charge in [-0.1, -0.05) is 6.07 Å². The highest BCUT2D eigenvalue weighted by Gasteiger charge is 2.14. The Morgan fingerprint density at radius 2 is 2.00 bits per heavy atom. The number of fused-ring (bicyclic) bond motifs is 1. The van der Waals surface area contributed by atoms with Crippen molar-refractivity contribution in [3.05, 3.63) is 60.3 Å². The van der Waals surface area contributed by atoms with Crippen LogP contribution in [0.5, 0.6) is 5.75 Å². The molecule has 7 heteroatoms. The van der Waals surface area contributed by atoms with Crippen LogP contribution in [-0.4, -0.2) is 29.3 Å². The maximum atomic E-state index is 13.9. The molecule has 2 aromatic carbocycles. The van der Waals surface area contributed by atoms with Crippen LogP contribution >= 0.6 is 11.8 Å². The number of rotatable bonds is 7. The van der Waals surface area contributed by atoms with Crippen LogP contribution in [0.1, 0.15) is 6.92 Å². The van der Waals surface area contributed by atoms with Crippen molar-refractivity contribution < 1.29 is 18.3 Å². The van der Waals surface area contributed by atoms with Crippen LogP contribution in [0.3, 0.4) is 0 Å². The Morgan fingerprint density at radius 3 is 2.77 bits per heavy atom. The first-order valence-electron chi connectivity index (χ1n) is 8.13. The minimum absolute atomic E-state index is 0.264. The average molecular weight is 376 g/mol. The number of aromatic nitrogens is 1. The molecule has 3 aromatic rings. The van der Waals surface area contributed by atoms with Crippen molar-refractivity contribution in [1.29, 1.82) is 0 Å². The summed E-state index contributed by atoms with van der Waals surface area (Å²) in [7, 11) is 0. The molecule has 1 unspecified atom stereocenters. The monoisotopic (exact) mass is 376 g/mol. The molecule has 0 saturated heterocycles. The third-order valence-corrected chi connectivity index (χ3v) is 4.81. The van der Waals surface area contributed by atoms with E-state index in [1.165, 1.54) is 42.1 Å². The highest BCUT2D eigenvalue weighted by molar-refractivity contribution is 7.99. The molecule has 0 bridgehead atoms. The largest absolute Gasteiger partial charge is 0.481 e. The summed E-state index contributed by atoms with van der Waals surface area (Å²) >= 11 is 1.46. The van der Waals surface area contributed by atoms with Crippen molar-refractivity contribution in [2.45, 2.75) is 17.9 Å². The van der Waals surface area contributed by atoms with Gasteiger partial charge in [-0.05, 0) is 43.3 Å². The summed E-state index contributed by atoms with van der Waals surface area (Å²) in [6.45, 7) is 2.04. The van der Waals surface area contributed by atoms with Crippen LogP contribution in [0, 0.1) is 11.6 Å². The number of hydrogen-bond acceptors (Lipinski definition) is 3. The maximum Gasteiger partial charge on any atom is 0.260 e. The lowest BCUT2D eigenvalue weighted by molar-refractivity contribution is -0.127. The summed E-state index contributed by atoms with van der Waals surface area (Å²) in [5.74, 6) is 0.130. The smallest absolute Gasteiger partial charge is 0.260 e. The molecular formula is C19H18F2N2O2S. The van der Waals surface area contributed by atoms with Gasteiger partial charge in [0.05, 0.1) is 0 Å². The zero-order valence-corrected chi connectivity index (χ0v) is 14.9. The minimum Gasteiger partial charge on any atom is -0.481 e. The standard InChI is InChI=1S/C19H18F2N2O2S/c1-12(25-14-7-5-13(20)6-8-14)19(24)22-9-10-26-17-11-23-16-4-2-3-15(21)18(16)17/h2-8,11-12,23H,9-10H2,1H3,(H,22,24). The van der Waals surface area contributed by atoms with Gasteiger partial charge in [0.15, 0.2) is 6.10 Å². The lowest BCUT2D eigenvalue weighted by Crippen LogP contribution is -2.37. The number of amides is 1. The Bertz CT molecular complexity index is 896. The molecule has 0 radical (unpaired) electrons. The highest BCUT2D eigenvalue weighted by atomic mass is 32.2. The van der Waals surface area contributed by atoms with Crippen molar-refractivity contribution in [1.82, 2.24) is 10.3 Å². The van der Waals surface area contributed by atoms with E-state index < -0.39 is 6.10 Å². The van der Waals surface area contributed by atoms with E-state index in [0.717, 1.165) is 10.4 Å². The Morgan fingerprint density at radius 1 is 1.23 bits per heavy atom. The van der Waals surface area contributed by atoms with E-state index in [4.69, 9.17) is 4.74 Å². The van der Waals surface area contributed by atoms with E-state index in [2.05, 4.69) is 10.3 Å². The number of benzene rings is 2. The Hall–Kier alpha value is -2.54. The fourth-order valence-electron chi connectivity index (χ4n) is 2.47. The SMILES string of the molecule is CC(Oc1ccc(F)cc1)C(=O)NCCSc1c[nH]c2cccc(F)c12. The quantitative estimate of drug-likeness (QED) is 0.482. The first kappa shape index (κ1) is 18.3. The number of hydrogen-bond donors (Lipinski definition) is 2. The average Bonchev–Trinajstić information content (AvgIpc) is 3.05. The number of carbonyl (C=O) groups excluding carboxylic acids is 1. The van der Waals surface area contributed by atoms with E-state index in [1.54, 1.807) is 19.2 Å². The maximum absolute atomic E-state index is 13.9. The van der Waals surface area contributed by atoms with E-state index in [9.17, 15) is 13.6 Å². The molecule has 1 atom stereocenters. The molecule has 3 rings (SSSR count). The van der Waals surface area contributed by atoms with Crippen molar-refractivity contribution in [3.63, 3.8) is 0 Å². The Labute approximate surface area is 153 Å². The number of aromatic amines is 1. The number of carbonyl (C=O) groups is 1. The number of thioether (sulfide) groups is 1. The van der Waals surface area contributed by atoms with Crippen LogP contribution in [0.25, 0.3) is 10.9 Å². The van der Waals surface area contributed by atoms with Crippen molar-refractivity contribution in [2.24, 2.45) is 0 Å². The molecule has 0 fully saturated rings. The third-order valence-electron chi connectivity index (χ3n) is 3.77. The van der Waals surface area contributed by atoms with Gasteiger partial charge in [-0.2, -0.15) is 0 Å². The fraction of sp³-hybridized carbons (Fsp3) is 0.211. The fourth-order valence-corrected chi connectivity index (χ4v) is 3.39. The summed E-state index contributed by atoms with van der Waals surface area (Å²) in [5.41, 5.74) is 0.748. The van der Waals surface area contributed by atoms with E-state index in [-0.39, 0.29) is 17.5 Å². The summed E-state index contributed by atoms with van der Waals surface area (Å²) in [6, 6.07) is 10.4. The molecule has 136 valence electrons. The van der Waals surface area contributed by atoms with Gasteiger partial charge >= 0.3 is 0 Å². The summed E-state index contributed by atoms with van der Waals surface area (Å²) in [6.07, 6.45) is 1.07. The molecule has 0 aliphatic rings. The molecule has 0 saturated carbocycles. The zero-order valence-electron chi connectivity index (χ0n) is 14.1. The topological polar surface area (TPSA) is 54.1 Å². The second-order valence-electron chi connectivity index (χ2n) is 5.67. The molecule has 0 aliphatic carbocycles. The van der Waals surface area contributed by atoms with Gasteiger partial charge in [0, 0.05) is 34.3 Å². The van der Waals surface area contributed by atoms with Gasteiger partial charge in [0.1, 0.15) is 17.4 Å². The van der Waals surface area contributed by atoms with Gasteiger partial charge in [0.25, 0.3) is 5.91 Å². The van der Waals surface area contributed by atoms with Crippen LogP contribution in [0.15, 0.2) is 53.6 Å². The second-order valence-corrected chi connectivity index (χ2v) is 6.81. The van der Waals surface area contributed by atoms with Crippen LogP contribution in [0.2, 0.25) is 0 Å². The Balaban J connectivity index is 1.46. The second kappa shape index (κ2) is 8.23. The predicted molar refractivity (Wildman–Crippen MR) is 98.5 cm³/mol. The van der Waals surface area contributed by atoms with Gasteiger partial charge < -0.3 is 15.0 Å². The molecule has 2 N–H and O–H groups in total. The first-order chi connectivity index (χ1) is 12.5. The first-order valence-corrected chi connectivity index (χ1v) is 9.11. The van der Waals surface area contributed by atoms with Crippen LogP contribution in [0.4, 0.5) is 8.78 Å².